The Morgan fingerprint density at radius 2 is 1.91 bits per heavy atom. The Bertz CT molecular complexity index is 840. The minimum Gasteiger partial charge on any atom is -0.490 e. The fourth-order valence-corrected chi connectivity index (χ4v) is 8.72. The van der Waals surface area contributed by atoms with E-state index in [1.165, 1.54) is 5.57 Å². The molecule has 4 fully saturated rings. The number of aliphatic hydroxyl groups is 4. The number of allylic oxidation sites excluding steroid dienone is 1. The molecule has 8 atom stereocenters. The summed E-state index contributed by atoms with van der Waals surface area (Å²) in [5.74, 6) is 1.22. The Balaban J connectivity index is 1.52. The molecule has 0 amide bonds. The van der Waals surface area contributed by atoms with Crippen LogP contribution in [-0.4, -0.2) is 63.7 Å². The zero-order valence-corrected chi connectivity index (χ0v) is 19.3. The highest BCUT2D eigenvalue weighted by Gasteiger charge is 2.71. The molecular weight excluding hydrogens is 406 g/mol. The summed E-state index contributed by atoms with van der Waals surface area (Å²) in [4.78, 5) is 4.53. The summed E-state index contributed by atoms with van der Waals surface area (Å²) in [5.41, 5.74) is -1.31. The molecule has 0 spiro atoms. The first-order valence-corrected chi connectivity index (χ1v) is 12.5. The maximum Gasteiger partial charge on any atom is 0.112 e. The first-order chi connectivity index (χ1) is 15.2. The van der Waals surface area contributed by atoms with Gasteiger partial charge in [-0.15, -0.1) is 0 Å². The van der Waals surface area contributed by atoms with Crippen LogP contribution in [0.5, 0.6) is 0 Å². The van der Waals surface area contributed by atoms with E-state index in [1.807, 2.05) is 6.21 Å². The average Bonchev–Trinajstić information content (AvgIpc) is 3.28. The molecule has 0 aromatic rings. The third-order valence-electron chi connectivity index (χ3n) is 10.3. The van der Waals surface area contributed by atoms with Crippen molar-refractivity contribution in [2.45, 2.75) is 82.0 Å². The summed E-state index contributed by atoms with van der Waals surface area (Å²) in [7, 11) is 0. The van der Waals surface area contributed by atoms with Crippen molar-refractivity contribution in [3.05, 3.63) is 24.0 Å². The summed E-state index contributed by atoms with van der Waals surface area (Å²) in [6.45, 7) is 7.09. The van der Waals surface area contributed by atoms with Crippen LogP contribution in [0.15, 0.2) is 29.0 Å². The molecule has 6 nitrogen and oxygen atoms in total. The minimum absolute atomic E-state index is 0.0199. The molecule has 178 valence electrons. The Kier molecular flexibility index (Phi) is 5.40. The SMILES string of the molecule is C=C1C=C(C2CCC3(O)[C@@H]4CCC5(O)C[C@H](O)CCC5(C=NCCO)[C@H]4CCC23C)CO1. The first kappa shape index (κ1) is 22.6. The van der Waals surface area contributed by atoms with E-state index < -0.39 is 22.7 Å². The summed E-state index contributed by atoms with van der Waals surface area (Å²) >= 11 is 0. The summed E-state index contributed by atoms with van der Waals surface area (Å²) in [6, 6.07) is 0. The van der Waals surface area contributed by atoms with Crippen LogP contribution < -0.4 is 0 Å². The van der Waals surface area contributed by atoms with E-state index in [4.69, 9.17) is 4.74 Å². The highest BCUT2D eigenvalue weighted by atomic mass is 16.5. The van der Waals surface area contributed by atoms with Crippen LogP contribution in [-0.2, 0) is 4.74 Å². The maximum absolute atomic E-state index is 12.4. The van der Waals surface area contributed by atoms with Crippen LogP contribution in [0.3, 0.4) is 0 Å². The van der Waals surface area contributed by atoms with Crippen molar-refractivity contribution in [1.29, 1.82) is 0 Å². The summed E-state index contributed by atoms with van der Waals surface area (Å²) in [6.07, 6.45) is 10.1. The van der Waals surface area contributed by atoms with Gasteiger partial charge in [-0.05, 0) is 80.8 Å². The third kappa shape index (κ3) is 2.95. The molecule has 0 radical (unpaired) electrons. The molecule has 1 heterocycles. The standard InChI is InChI=1S/C26H39NO5/c1-17-13-18(15-32-17)20-6-10-26(31)22-5-9-25(30)14-19(29)3-8-24(25,16-27-11-12-28)21(22)4-7-23(20,26)2/h13,16,19-22,28-31H,1,3-12,14-15H2,2H3/t19-,20?,21+,22-,23?,24?,25?,26?/m1/s1. The predicted octanol–water partition coefficient (Wildman–Crippen LogP) is 2.75. The number of nitrogens with zero attached hydrogens (tertiary/aromatic N) is 1. The van der Waals surface area contributed by atoms with E-state index >= 15 is 0 Å². The Labute approximate surface area is 191 Å². The molecule has 4 aliphatic carbocycles. The van der Waals surface area contributed by atoms with Gasteiger partial charge in [0.2, 0.25) is 0 Å². The van der Waals surface area contributed by atoms with Gasteiger partial charge in [0.25, 0.3) is 0 Å². The molecule has 1 aliphatic heterocycles. The van der Waals surface area contributed by atoms with E-state index in [9.17, 15) is 20.4 Å². The second-order valence-corrected chi connectivity index (χ2v) is 11.4. The van der Waals surface area contributed by atoms with Crippen molar-refractivity contribution >= 4 is 6.21 Å². The second kappa shape index (κ2) is 7.66. The molecule has 0 aromatic heterocycles. The second-order valence-electron chi connectivity index (χ2n) is 11.4. The van der Waals surface area contributed by atoms with Gasteiger partial charge in [-0.2, -0.15) is 0 Å². The maximum atomic E-state index is 12.4. The lowest BCUT2D eigenvalue weighted by Crippen LogP contribution is -2.68. The van der Waals surface area contributed by atoms with Crippen LogP contribution in [0.2, 0.25) is 0 Å². The largest absolute Gasteiger partial charge is 0.490 e. The lowest BCUT2D eigenvalue weighted by atomic mass is 9.41. The van der Waals surface area contributed by atoms with Gasteiger partial charge >= 0.3 is 0 Å². The number of rotatable bonds is 4. The van der Waals surface area contributed by atoms with Crippen LogP contribution in [0.4, 0.5) is 0 Å². The van der Waals surface area contributed by atoms with E-state index in [-0.39, 0.29) is 23.9 Å². The van der Waals surface area contributed by atoms with Crippen molar-refractivity contribution in [3.8, 4) is 0 Å². The topological polar surface area (TPSA) is 103 Å². The Morgan fingerprint density at radius 3 is 2.62 bits per heavy atom. The number of ether oxygens (including phenoxy) is 1. The molecule has 0 bridgehead atoms. The van der Waals surface area contributed by atoms with Crippen molar-refractivity contribution in [2.24, 2.45) is 33.6 Å². The fourth-order valence-electron chi connectivity index (χ4n) is 8.72. The monoisotopic (exact) mass is 445 g/mol. The third-order valence-corrected chi connectivity index (χ3v) is 10.3. The Hall–Kier alpha value is -1.21. The number of aliphatic imine (C=N–C) groups is 1. The Morgan fingerprint density at radius 1 is 1.12 bits per heavy atom. The van der Waals surface area contributed by atoms with Gasteiger partial charge in [0.15, 0.2) is 0 Å². The molecule has 5 rings (SSSR count). The van der Waals surface area contributed by atoms with Crippen molar-refractivity contribution < 1.29 is 25.2 Å². The van der Waals surface area contributed by atoms with Gasteiger partial charge < -0.3 is 25.2 Å². The van der Waals surface area contributed by atoms with E-state index in [0.29, 0.717) is 44.8 Å². The van der Waals surface area contributed by atoms with Gasteiger partial charge in [-0.1, -0.05) is 13.5 Å². The molecule has 4 N–H and O–H groups in total. The van der Waals surface area contributed by atoms with E-state index in [2.05, 4.69) is 24.6 Å². The molecule has 0 saturated heterocycles. The molecule has 5 unspecified atom stereocenters. The molecule has 6 heteroatoms. The summed E-state index contributed by atoms with van der Waals surface area (Å²) < 4.78 is 5.64. The molecule has 5 aliphatic rings. The van der Waals surface area contributed by atoms with Gasteiger partial charge in [-0.25, -0.2) is 0 Å². The first-order valence-electron chi connectivity index (χ1n) is 12.5. The van der Waals surface area contributed by atoms with Gasteiger partial charge in [0, 0.05) is 23.5 Å². The van der Waals surface area contributed by atoms with E-state index in [0.717, 1.165) is 37.9 Å². The minimum atomic E-state index is -1.01. The molecule has 4 saturated carbocycles. The smallest absolute Gasteiger partial charge is 0.112 e. The zero-order chi connectivity index (χ0) is 22.8. The zero-order valence-electron chi connectivity index (χ0n) is 19.3. The van der Waals surface area contributed by atoms with Gasteiger partial charge in [0.05, 0.1) is 30.5 Å². The van der Waals surface area contributed by atoms with Crippen LogP contribution in [0, 0.1) is 28.6 Å². The van der Waals surface area contributed by atoms with Crippen molar-refractivity contribution in [2.75, 3.05) is 19.8 Å². The number of aliphatic hydroxyl groups excluding tert-OH is 2. The lowest BCUT2D eigenvalue weighted by Gasteiger charge is -2.65. The van der Waals surface area contributed by atoms with Crippen molar-refractivity contribution in [1.82, 2.24) is 0 Å². The highest BCUT2D eigenvalue weighted by molar-refractivity contribution is 5.69. The lowest BCUT2D eigenvalue weighted by molar-refractivity contribution is -0.237. The molecule has 0 aromatic carbocycles. The van der Waals surface area contributed by atoms with Gasteiger partial charge in [0.1, 0.15) is 12.4 Å². The van der Waals surface area contributed by atoms with Crippen LogP contribution >= 0.6 is 0 Å². The fraction of sp³-hybridized carbons (Fsp3) is 0.808. The normalized spacial score (nSPS) is 50.5. The molecular formula is C26H39NO5. The number of hydrogen-bond acceptors (Lipinski definition) is 6. The van der Waals surface area contributed by atoms with Crippen LogP contribution in [0.1, 0.15) is 64.7 Å². The highest BCUT2D eigenvalue weighted by Crippen LogP contribution is 2.70. The van der Waals surface area contributed by atoms with Crippen LogP contribution in [0.25, 0.3) is 0 Å². The van der Waals surface area contributed by atoms with Gasteiger partial charge in [-0.3, -0.25) is 4.99 Å². The predicted molar refractivity (Wildman–Crippen MR) is 122 cm³/mol. The average molecular weight is 446 g/mol. The number of hydrogen-bond donors (Lipinski definition) is 4. The number of fused-ring (bicyclic) bond motifs is 5. The molecule has 32 heavy (non-hydrogen) atoms. The quantitative estimate of drug-likeness (QED) is 0.499. The summed E-state index contributed by atoms with van der Waals surface area (Å²) in [5, 5.41) is 43.9. The van der Waals surface area contributed by atoms with Crippen molar-refractivity contribution in [3.63, 3.8) is 0 Å². The van der Waals surface area contributed by atoms with E-state index in [1.54, 1.807) is 0 Å².